The van der Waals surface area contributed by atoms with Crippen molar-refractivity contribution in [2.75, 3.05) is 6.54 Å². The van der Waals surface area contributed by atoms with Crippen molar-refractivity contribution in [2.24, 2.45) is 11.8 Å². The minimum Gasteiger partial charge on any atom is -0.361 e. The van der Waals surface area contributed by atoms with Gasteiger partial charge in [0.15, 0.2) is 0 Å². The maximum Gasteiger partial charge on any atom is 0.224 e. The molecule has 1 heterocycles. The van der Waals surface area contributed by atoms with Gasteiger partial charge in [-0.25, -0.2) is 4.39 Å². The highest BCUT2D eigenvalue weighted by Crippen LogP contribution is 2.38. The van der Waals surface area contributed by atoms with Crippen molar-refractivity contribution in [1.82, 2.24) is 15.6 Å². The van der Waals surface area contributed by atoms with E-state index >= 15 is 0 Å². The first-order valence-corrected chi connectivity index (χ1v) is 9.46. The number of carbonyl (C=O) groups is 2. The summed E-state index contributed by atoms with van der Waals surface area (Å²) in [6.45, 7) is 0.881. The lowest BCUT2D eigenvalue weighted by Crippen LogP contribution is -2.31. The molecule has 1 aliphatic rings. The van der Waals surface area contributed by atoms with Gasteiger partial charge in [0, 0.05) is 30.2 Å². The minimum atomic E-state index is -0.304. The zero-order valence-electron chi connectivity index (χ0n) is 15.4. The molecule has 0 aliphatic heterocycles. The van der Waals surface area contributed by atoms with Crippen LogP contribution in [0.5, 0.6) is 0 Å². The second-order valence-corrected chi connectivity index (χ2v) is 7.19. The van der Waals surface area contributed by atoms with Crippen LogP contribution in [0.2, 0.25) is 0 Å². The molecule has 1 aromatic heterocycles. The Morgan fingerprint density at radius 1 is 1.00 bits per heavy atom. The predicted octanol–water partition coefficient (Wildman–Crippen LogP) is 2.92. The first-order chi connectivity index (χ1) is 13.6. The standard InChI is InChI=1S/C22H22FN3O2/c23-16-7-5-14(6-8-16)12-26-22(28)19-11-18(19)21(27)24-10-9-15-13-25-20-4-2-1-3-17(15)20/h1-8,13,18-19,25H,9-12H2,(H,24,27)(H,26,28). The van der Waals surface area contributed by atoms with Crippen molar-refractivity contribution in [3.05, 3.63) is 71.7 Å². The Kier molecular flexibility index (Phi) is 5.10. The highest BCUT2D eigenvalue weighted by Gasteiger charge is 2.47. The van der Waals surface area contributed by atoms with Crippen LogP contribution in [0.1, 0.15) is 17.5 Å². The Labute approximate surface area is 162 Å². The number of fused-ring (bicyclic) bond motifs is 1. The van der Waals surface area contributed by atoms with Gasteiger partial charge < -0.3 is 15.6 Å². The number of hydrogen-bond acceptors (Lipinski definition) is 2. The van der Waals surface area contributed by atoms with Gasteiger partial charge in [-0.3, -0.25) is 9.59 Å². The average molecular weight is 379 g/mol. The summed E-state index contributed by atoms with van der Waals surface area (Å²) in [5.41, 5.74) is 3.08. The smallest absolute Gasteiger partial charge is 0.224 e. The molecule has 2 atom stereocenters. The van der Waals surface area contributed by atoms with E-state index in [0.717, 1.165) is 17.5 Å². The fourth-order valence-corrected chi connectivity index (χ4v) is 3.49. The predicted molar refractivity (Wildman–Crippen MR) is 105 cm³/mol. The Hall–Kier alpha value is -3.15. The number of para-hydroxylation sites is 1. The maximum atomic E-state index is 12.9. The third kappa shape index (κ3) is 4.06. The third-order valence-electron chi connectivity index (χ3n) is 5.21. The third-order valence-corrected chi connectivity index (χ3v) is 5.21. The second kappa shape index (κ2) is 7.84. The zero-order chi connectivity index (χ0) is 19.5. The van der Waals surface area contributed by atoms with Crippen molar-refractivity contribution < 1.29 is 14.0 Å². The van der Waals surface area contributed by atoms with E-state index in [2.05, 4.69) is 21.7 Å². The molecule has 0 saturated heterocycles. The average Bonchev–Trinajstić information content (AvgIpc) is 3.42. The Balaban J connectivity index is 1.21. The van der Waals surface area contributed by atoms with E-state index in [4.69, 9.17) is 0 Å². The number of aromatic nitrogens is 1. The number of halogens is 1. The van der Waals surface area contributed by atoms with Crippen LogP contribution < -0.4 is 10.6 Å². The SMILES string of the molecule is O=C(NCCc1c[nH]c2ccccc12)C1CC1C(=O)NCc1ccc(F)cc1. The van der Waals surface area contributed by atoms with Crippen LogP contribution in [-0.4, -0.2) is 23.3 Å². The van der Waals surface area contributed by atoms with Gasteiger partial charge in [0.1, 0.15) is 5.82 Å². The molecule has 1 aliphatic carbocycles. The molecule has 3 N–H and O–H groups in total. The zero-order valence-corrected chi connectivity index (χ0v) is 15.4. The molecule has 2 aromatic carbocycles. The van der Waals surface area contributed by atoms with Gasteiger partial charge in [0.25, 0.3) is 0 Å². The van der Waals surface area contributed by atoms with Crippen molar-refractivity contribution >= 4 is 22.7 Å². The van der Waals surface area contributed by atoms with Gasteiger partial charge in [0.05, 0.1) is 11.8 Å². The van der Waals surface area contributed by atoms with Gasteiger partial charge in [-0.05, 0) is 42.2 Å². The molecule has 0 radical (unpaired) electrons. The molecule has 6 heteroatoms. The van der Waals surface area contributed by atoms with Gasteiger partial charge >= 0.3 is 0 Å². The summed E-state index contributed by atoms with van der Waals surface area (Å²) in [6, 6.07) is 14.1. The number of carbonyl (C=O) groups excluding carboxylic acids is 2. The summed E-state index contributed by atoms with van der Waals surface area (Å²) < 4.78 is 12.9. The lowest BCUT2D eigenvalue weighted by molar-refractivity contribution is -0.127. The van der Waals surface area contributed by atoms with Crippen molar-refractivity contribution in [1.29, 1.82) is 0 Å². The van der Waals surface area contributed by atoms with Gasteiger partial charge in [-0.1, -0.05) is 30.3 Å². The molecule has 144 valence electrons. The fraction of sp³-hybridized carbons (Fsp3) is 0.273. The molecule has 5 nitrogen and oxygen atoms in total. The molecule has 2 unspecified atom stereocenters. The number of amides is 2. The molecular formula is C22H22FN3O2. The van der Waals surface area contributed by atoms with E-state index in [-0.39, 0.29) is 29.5 Å². The summed E-state index contributed by atoms with van der Waals surface area (Å²) in [5, 5.41) is 6.92. The number of rotatable bonds is 7. The van der Waals surface area contributed by atoms with Crippen LogP contribution in [0.3, 0.4) is 0 Å². The van der Waals surface area contributed by atoms with Crippen LogP contribution >= 0.6 is 0 Å². The lowest BCUT2D eigenvalue weighted by atomic mass is 10.1. The van der Waals surface area contributed by atoms with Crippen LogP contribution in [0.25, 0.3) is 10.9 Å². The van der Waals surface area contributed by atoms with E-state index < -0.39 is 0 Å². The molecule has 2 amide bonds. The maximum absolute atomic E-state index is 12.9. The van der Waals surface area contributed by atoms with Crippen molar-refractivity contribution in [3.8, 4) is 0 Å². The van der Waals surface area contributed by atoms with E-state index in [0.29, 0.717) is 19.5 Å². The molecule has 1 saturated carbocycles. The van der Waals surface area contributed by atoms with Gasteiger partial charge in [0.2, 0.25) is 11.8 Å². The number of H-pyrrole nitrogens is 1. The fourth-order valence-electron chi connectivity index (χ4n) is 3.49. The number of benzene rings is 2. The quantitative estimate of drug-likeness (QED) is 0.591. The molecule has 28 heavy (non-hydrogen) atoms. The summed E-state index contributed by atoms with van der Waals surface area (Å²) in [7, 11) is 0. The largest absolute Gasteiger partial charge is 0.361 e. The molecule has 3 aromatic rings. The summed E-state index contributed by atoms with van der Waals surface area (Å²) in [4.78, 5) is 27.7. The van der Waals surface area contributed by atoms with Gasteiger partial charge in [-0.2, -0.15) is 0 Å². The Bertz CT molecular complexity index is 996. The van der Waals surface area contributed by atoms with Crippen LogP contribution in [0.4, 0.5) is 4.39 Å². The highest BCUT2D eigenvalue weighted by molar-refractivity contribution is 5.92. The molecule has 4 rings (SSSR count). The minimum absolute atomic E-state index is 0.0678. The first-order valence-electron chi connectivity index (χ1n) is 9.46. The van der Waals surface area contributed by atoms with E-state index in [1.165, 1.54) is 23.1 Å². The summed E-state index contributed by atoms with van der Waals surface area (Å²) >= 11 is 0. The monoisotopic (exact) mass is 379 g/mol. The van der Waals surface area contributed by atoms with E-state index in [9.17, 15) is 14.0 Å². The molecule has 0 bridgehead atoms. The molecule has 1 fully saturated rings. The normalized spacial score (nSPS) is 18.0. The Morgan fingerprint density at radius 2 is 1.71 bits per heavy atom. The van der Waals surface area contributed by atoms with Gasteiger partial charge in [-0.15, -0.1) is 0 Å². The van der Waals surface area contributed by atoms with Crippen LogP contribution in [-0.2, 0) is 22.6 Å². The Morgan fingerprint density at radius 3 is 2.50 bits per heavy atom. The van der Waals surface area contributed by atoms with E-state index in [1.807, 2.05) is 24.4 Å². The second-order valence-electron chi connectivity index (χ2n) is 7.19. The topological polar surface area (TPSA) is 74.0 Å². The van der Waals surface area contributed by atoms with Crippen LogP contribution in [0, 0.1) is 17.7 Å². The van der Waals surface area contributed by atoms with Crippen molar-refractivity contribution in [2.45, 2.75) is 19.4 Å². The van der Waals surface area contributed by atoms with E-state index in [1.54, 1.807) is 12.1 Å². The van der Waals surface area contributed by atoms with Crippen molar-refractivity contribution in [3.63, 3.8) is 0 Å². The highest BCUT2D eigenvalue weighted by atomic mass is 19.1. The number of nitrogens with one attached hydrogen (secondary N) is 3. The molecule has 0 spiro atoms. The summed E-state index contributed by atoms with van der Waals surface area (Å²) in [6.07, 6.45) is 3.29. The number of hydrogen-bond donors (Lipinski definition) is 3. The first kappa shape index (κ1) is 18.2. The lowest BCUT2D eigenvalue weighted by Gasteiger charge is -2.06. The van der Waals surface area contributed by atoms with Crippen LogP contribution in [0.15, 0.2) is 54.7 Å². The number of aromatic amines is 1. The summed E-state index contributed by atoms with van der Waals surface area (Å²) in [5.74, 6) is -1.02. The molecular weight excluding hydrogens is 357 g/mol.